The minimum Gasteiger partial charge on any atom is 0 e. The van der Waals surface area contributed by atoms with E-state index in [1.807, 2.05) is 0 Å². The third kappa shape index (κ3) is 64.2. The van der Waals surface area contributed by atoms with Crippen LogP contribution in [0.25, 0.3) is 0 Å². The van der Waals surface area contributed by atoms with Crippen LogP contribution in [0.2, 0.25) is 0 Å². The summed E-state index contributed by atoms with van der Waals surface area (Å²) in [5.74, 6) is 0. The van der Waals surface area contributed by atoms with Gasteiger partial charge in [0.15, 0.2) is 0 Å². The normalized spacial score (nSPS) is 7.38. The Kier molecular flexibility index (Phi) is 28.0. The fourth-order valence-corrected chi connectivity index (χ4v) is 0. The molecule has 0 aromatic heterocycles. The smallest absolute Gasteiger partial charge is 0 e. The molecule has 0 amide bonds. The van der Waals surface area contributed by atoms with E-state index in [9.17, 15) is 0 Å². The van der Waals surface area contributed by atoms with Gasteiger partial charge in [0.05, 0.1) is 0 Å². The summed E-state index contributed by atoms with van der Waals surface area (Å²) in [6, 6.07) is 0. The van der Waals surface area contributed by atoms with Gasteiger partial charge in [0.1, 0.15) is 0 Å². The Morgan fingerprint density at radius 3 is 1.12 bits per heavy atom. The Bertz CT molecular complexity index is 62.2. The van der Waals surface area contributed by atoms with Crippen molar-refractivity contribution in [1.82, 2.24) is 0 Å². The van der Waals surface area contributed by atoms with Crippen molar-refractivity contribution in [1.29, 1.82) is 0 Å². The SMILES string of the molecule is O=[As](O)(O)O.[CaH2].[NaH].[Ni]. The van der Waals surface area contributed by atoms with Crippen LogP contribution in [0, 0.1) is 0 Å². The number of hydrogen-bond donors (Lipinski definition) is 3. The van der Waals surface area contributed by atoms with Crippen LogP contribution in [0.4, 0.5) is 0 Å². The van der Waals surface area contributed by atoms with E-state index in [0.717, 1.165) is 0 Å². The minimum atomic E-state index is -5.12. The maximum atomic E-state index is 8.94. The molecule has 4 nitrogen and oxygen atoms in total. The molecule has 0 saturated carbocycles. The van der Waals surface area contributed by atoms with Crippen LogP contribution >= 0.6 is 0 Å². The van der Waals surface area contributed by atoms with Crippen molar-refractivity contribution in [2.45, 2.75) is 0 Å². The van der Waals surface area contributed by atoms with Crippen molar-refractivity contribution in [3.63, 3.8) is 0 Å². The second-order valence-corrected chi connectivity index (χ2v) is 2.67. The average molecular weight is 267 g/mol. The van der Waals surface area contributed by atoms with Crippen molar-refractivity contribution in [3.05, 3.63) is 0 Å². The van der Waals surface area contributed by atoms with Crippen LogP contribution in [0.3, 0.4) is 0 Å². The first-order valence-corrected chi connectivity index (χ1v) is 4.07. The Balaban J connectivity index is -0.0000000267. The third-order valence-corrected chi connectivity index (χ3v) is 0. The molecular formula is H6AsCaNaNiO4. The predicted molar refractivity (Wildman–Crippen MR) is 28.8 cm³/mol. The van der Waals surface area contributed by atoms with E-state index in [1.165, 1.54) is 0 Å². The molecule has 0 unspecified atom stereocenters. The van der Waals surface area contributed by atoms with E-state index in [2.05, 4.69) is 0 Å². The van der Waals surface area contributed by atoms with Crippen LogP contribution in [0.5, 0.6) is 0 Å². The fourth-order valence-electron chi connectivity index (χ4n) is 0. The maximum absolute atomic E-state index is 8.94. The van der Waals surface area contributed by atoms with Crippen LogP contribution < -0.4 is 0 Å². The second kappa shape index (κ2) is 9.99. The van der Waals surface area contributed by atoms with Crippen molar-refractivity contribution in [2.24, 2.45) is 0 Å². The fraction of sp³-hybridized carbons (Fsp3) is 0. The van der Waals surface area contributed by atoms with Gasteiger partial charge in [0, 0.05) is 16.5 Å². The zero-order valence-electron chi connectivity index (χ0n) is 2.51. The van der Waals surface area contributed by atoms with Gasteiger partial charge in [-0.15, -0.1) is 0 Å². The summed E-state index contributed by atoms with van der Waals surface area (Å²) in [7, 11) is 0. The Morgan fingerprint density at radius 2 is 1.12 bits per heavy atom. The summed E-state index contributed by atoms with van der Waals surface area (Å²) in [5.41, 5.74) is 0. The van der Waals surface area contributed by atoms with E-state index < -0.39 is 14.5 Å². The summed E-state index contributed by atoms with van der Waals surface area (Å²) in [5, 5.41) is 0. The molecule has 0 atom stereocenters. The molecule has 0 aromatic rings. The first-order chi connectivity index (χ1) is 2.00. The summed E-state index contributed by atoms with van der Waals surface area (Å²) in [6.45, 7) is 0. The van der Waals surface area contributed by atoms with Gasteiger partial charge in [-0.3, -0.25) is 0 Å². The number of hydrogen-bond acceptors (Lipinski definition) is 1. The van der Waals surface area contributed by atoms with Crippen LogP contribution in [0.1, 0.15) is 0 Å². The Labute approximate surface area is 112 Å². The largest absolute Gasteiger partial charge is 0 e. The first-order valence-electron chi connectivity index (χ1n) is 0.783. The molecule has 8 heteroatoms. The monoisotopic (exact) mass is 266 g/mol. The first kappa shape index (κ1) is 22.4. The van der Waals surface area contributed by atoms with E-state index in [0.29, 0.717) is 0 Å². The van der Waals surface area contributed by atoms with Gasteiger partial charge < -0.3 is 0 Å². The van der Waals surface area contributed by atoms with Gasteiger partial charge in [-0.2, -0.15) is 0 Å². The summed E-state index contributed by atoms with van der Waals surface area (Å²) in [4.78, 5) is 0. The molecule has 0 saturated heterocycles. The molecule has 0 aromatic carbocycles. The Morgan fingerprint density at radius 1 is 1.12 bits per heavy atom. The van der Waals surface area contributed by atoms with Gasteiger partial charge >= 0.3 is 97.8 Å². The zero-order valence-corrected chi connectivity index (χ0v) is 5.38. The molecule has 0 aliphatic heterocycles. The molecular weight excluding hydrogens is 261 g/mol. The van der Waals surface area contributed by atoms with Crippen molar-refractivity contribution < 1.29 is 32.5 Å². The standard InChI is InChI=1S/AsH3O4.Ca.Na.Ni.3H/c2-1(3,4)5;;;;;;/h(H3,2,3,4,5);;;;;;. The number of rotatable bonds is 0. The molecule has 0 bridgehead atoms. The van der Waals surface area contributed by atoms with Gasteiger partial charge in [-0.25, -0.2) is 0 Å². The summed E-state index contributed by atoms with van der Waals surface area (Å²) in [6.07, 6.45) is 0. The van der Waals surface area contributed by atoms with Crippen molar-refractivity contribution in [2.75, 3.05) is 0 Å². The second-order valence-electron chi connectivity index (χ2n) is 0.513. The van der Waals surface area contributed by atoms with Crippen LogP contribution in [-0.4, -0.2) is 94.1 Å². The molecule has 0 heterocycles. The molecule has 0 fully saturated rings. The van der Waals surface area contributed by atoms with Gasteiger partial charge in [-0.05, 0) is 0 Å². The quantitative estimate of drug-likeness (QED) is 0.394. The molecule has 0 aliphatic carbocycles. The van der Waals surface area contributed by atoms with Crippen LogP contribution in [0.15, 0.2) is 0 Å². The molecule has 48 valence electrons. The maximum Gasteiger partial charge on any atom is 0 e. The van der Waals surface area contributed by atoms with E-state index in [4.69, 9.17) is 16.0 Å². The minimum absolute atomic E-state index is 0. The molecule has 0 aliphatic rings. The predicted octanol–water partition coefficient (Wildman–Crippen LogP) is -3.74. The molecule has 3 N–H and O–H groups in total. The molecule has 0 spiro atoms. The van der Waals surface area contributed by atoms with Gasteiger partial charge in [0.25, 0.3) is 0 Å². The summed E-state index contributed by atoms with van der Waals surface area (Å²) < 4.78 is 30.7. The molecule has 0 rings (SSSR count). The van der Waals surface area contributed by atoms with Crippen molar-refractivity contribution >= 4 is 81.8 Å². The molecule has 8 heavy (non-hydrogen) atoms. The Hall–Kier alpha value is 2.99. The topological polar surface area (TPSA) is 77.8 Å². The van der Waals surface area contributed by atoms with Crippen LogP contribution in [-0.2, 0) is 20.2 Å². The third-order valence-electron chi connectivity index (χ3n) is 0. The van der Waals surface area contributed by atoms with Crippen molar-refractivity contribution in [3.8, 4) is 0 Å². The van der Waals surface area contributed by atoms with E-state index in [-0.39, 0.29) is 83.8 Å². The molecule has 0 radical (unpaired) electrons. The zero-order chi connectivity index (χ0) is 4.50. The van der Waals surface area contributed by atoms with E-state index >= 15 is 0 Å². The van der Waals surface area contributed by atoms with Gasteiger partial charge in [0.2, 0.25) is 0 Å². The van der Waals surface area contributed by atoms with E-state index in [1.54, 1.807) is 0 Å². The summed E-state index contributed by atoms with van der Waals surface area (Å²) >= 11 is -5.12. The average Bonchev–Trinajstić information content (AvgIpc) is 0.722. The van der Waals surface area contributed by atoms with Gasteiger partial charge in [-0.1, -0.05) is 0 Å².